The Morgan fingerprint density at radius 2 is 2.00 bits per heavy atom. The summed E-state index contributed by atoms with van der Waals surface area (Å²) >= 11 is 7.24. The van der Waals surface area contributed by atoms with Crippen LogP contribution in [0.3, 0.4) is 0 Å². The average molecular weight is 470 g/mol. The average Bonchev–Trinajstić information content (AvgIpc) is 3.30. The Balaban J connectivity index is 1.40. The molecule has 3 aromatic rings. The maximum Gasteiger partial charge on any atom is 0.321 e. The predicted octanol–water partition coefficient (Wildman–Crippen LogP) is 5.42. The number of carbonyl (C=O) groups is 2. The second kappa shape index (κ2) is 10.1. The molecule has 1 aromatic heterocycles. The van der Waals surface area contributed by atoms with E-state index in [1.807, 2.05) is 29.2 Å². The quantitative estimate of drug-likeness (QED) is 0.522. The number of piperidine rings is 1. The highest BCUT2D eigenvalue weighted by Gasteiger charge is 2.28. The van der Waals surface area contributed by atoms with E-state index in [9.17, 15) is 9.59 Å². The van der Waals surface area contributed by atoms with Gasteiger partial charge in [0.1, 0.15) is 5.01 Å². The molecule has 0 spiro atoms. The highest BCUT2D eigenvalue weighted by atomic mass is 35.5. The first-order chi connectivity index (χ1) is 15.5. The van der Waals surface area contributed by atoms with Gasteiger partial charge in [0.05, 0.1) is 0 Å². The zero-order valence-corrected chi connectivity index (χ0v) is 19.2. The van der Waals surface area contributed by atoms with Crippen molar-refractivity contribution in [3.05, 3.63) is 69.1 Å². The Labute approximate surface area is 195 Å². The maximum absolute atomic E-state index is 12.9. The van der Waals surface area contributed by atoms with Crippen molar-refractivity contribution in [2.24, 2.45) is 0 Å². The van der Waals surface area contributed by atoms with E-state index in [1.165, 1.54) is 11.3 Å². The number of aryl methyl sites for hydroxylation is 1. The minimum absolute atomic E-state index is 0.0566. The van der Waals surface area contributed by atoms with E-state index >= 15 is 0 Å². The number of carbonyl (C=O) groups excluding carboxylic acids is 2. The molecule has 0 unspecified atom stereocenters. The Kier molecular flexibility index (Phi) is 7.02. The van der Waals surface area contributed by atoms with E-state index in [1.54, 1.807) is 24.3 Å². The zero-order valence-electron chi connectivity index (χ0n) is 17.7. The molecular weight excluding hydrogens is 446 g/mol. The van der Waals surface area contributed by atoms with Gasteiger partial charge >= 0.3 is 6.03 Å². The first-order valence-corrected chi connectivity index (χ1v) is 11.8. The van der Waals surface area contributed by atoms with Gasteiger partial charge in [-0.1, -0.05) is 54.1 Å². The fraction of sp³-hybridized carbons (Fsp3) is 0.304. The highest BCUT2D eigenvalue weighted by molar-refractivity contribution is 7.13. The van der Waals surface area contributed by atoms with Crippen LogP contribution in [0.1, 0.15) is 46.1 Å². The highest BCUT2D eigenvalue weighted by Crippen LogP contribution is 2.30. The molecule has 2 heterocycles. The number of anilines is 2. The van der Waals surface area contributed by atoms with Gasteiger partial charge in [0.25, 0.3) is 5.91 Å². The van der Waals surface area contributed by atoms with Crippen LogP contribution in [-0.4, -0.2) is 40.1 Å². The number of nitrogens with one attached hydrogen (secondary N) is 2. The minimum Gasteiger partial charge on any atom is -0.324 e. The number of nitrogens with zero attached hydrogens (tertiary/aromatic N) is 3. The number of halogens is 1. The van der Waals surface area contributed by atoms with Gasteiger partial charge in [0.2, 0.25) is 5.01 Å². The molecule has 3 amide bonds. The maximum atomic E-state index is 12.9. The molecule has 0 saturated carbocycles. The molecule has 0 radical (unpaired) electrons. The van der Waals surface area contributed by atoms with Gasteiger partial charge in [-0.3, -0.25) is 4.79 Å². The molecule has 9 heteroatoms. The fourth-order valence-electron chi connectivity index (χ4n) is 3.75. The zero-order chi connectivity index (χ0) is 22.5. The summed E-state index contributed by atoms with van der Waals surface area (Å²) in [6, 6.07) is 14.7. The topological polar surface area (TPSA) is 87.2 Å². The van der Waals surface area contributed by atoms with Crippen molar-refractivity contribution in [1.29, 1.82) is 0 Å². The van der Waals surface area contributed by atoms with Gasteiger partial charge in [-0.25, -0.2) is 4.79 Å². The van der Waals surface area contributed by atoms with Gasteiger partial charge in [-0.2, -0.15) is 0 Å². The van der Waals surface area contributed by atoms with Crippen LogP contribution in [0, 0.1) is 0 Å². The standard InChI is InChI=1S/C23H24ClN5O2S/c1-2-15-7-3-4-11-19(15)26-23(31)29-12-6-8-16(14-29)21-27-28-22(32-21)20(30)25-18-10-5-9-17(24)13-18/h3-5,7,9-11,13,16H,2,6,8,12,14H2,1H3,(H,25,30)(H,26,31)/t16-/m0/s1. The lowest BCUT2D eigenvalue weighted by Gasteiger charge is -2.31. The Bertz CT molecular complexity index is 1120. The first-order valence-electron chi connectivity index (χ1n) is 10.6. The molecule has 2 N–H and O–H groups in total. The lowest BCUT2D eigenvalue weighted by atomic mass is 9.99. The number of benzene rings is 2. The molecule has 2 aromatic carbocycles. The first kappa shape index (κ1) is 22.2. The number of likely N-dealkylation sites (tertiary alicyclic amines) is 1. The predicted molar refractivity (Wildman–Crippen MR) is 128 cm³/mol. The fourth-order valence-corrected chi connectivity index (χ4v) is 4.80. The lowest BCUT2D eigenvalue weighted by molar-refractivity contribution is 0.102. The third-order valence-electron chi connectivity index (χ3n) is 5.42. The number of aromatic nitrogens is 2. The van der Waals surface area contributed by atoms with Gasteiger partial charge in [-0.05, 0) is 49.1 Å². The smallest absolute Gasteiger partial charge is 0.321 e. The summed E-state index contributed by atoms with van der Waals surface area (Å²) in [4.78, 5) is 27.2. The molecule has 4 rings (SSSR count). The number of amides is 3. The molecule has 0 aliphatic carbocycles. The van der Waals surface area contributed by atoms with Crippen molar-refractivity contribution in [3.63, 3.8) is 0 Å². The lowest BCUT2D eigenvalue weighted by Crippen LogP contribution is -2.41. The number of para-hydroxylation sites is 1. The molecule has 0 bridgehead atoms. The van der Waals surface area contributed by atoms with Crippen LogP contribution in [0.4, 0.5) is 16.2 Å². The summed E-state index contributed by atoms with van der Waals surface area (Å²) in [5, 5.41) is 15.8. The SMILES string of the molecule is CCc1ccccc1NC(=O)N1CCC[C@H](c2nnc(C(=O)Nc3cccc(Cl)c3)s2)C1. The Morgan fingerprint density at radius 3 is 2.81 bits per heavy atom. The summed E-state index contributed by atoms with van der Waals surface area (Å²) in [7, 11) is 0. The van der Waals surface area contributed by atoms with Crippen LogP contribution in [-0.2, 0) is 6.42 Å². The summed E-state index contributed by atoms with van der Waals surface area (Å²) in [5.41, 5.74) is 2.55. The summed E-state index contributed by atoms with van der Waals surface area (Å²) in [5.74, 6) is -0.265. The largest absolute Gasteiger partial charge is 0.324 e. The Hall–Kier alpha value is -2.97. The van der Waals surface area contributed by atoms with E-state index in [0.717, 1.165) is 35.5 Å². The van der Waals surface area contributed by atoms with Gasteiger partial charge in [0, 0.05) is 35.4 Å². The molecule has 7 nitrogen and oxygen atoms in total. The van der Waals surface area contributed by atoms with Crippen molar-refractivity contribution < 1.29 is 9.59 Å². The van der Waals surface area contributed by atoms with E-state index in [4.69, 9.17) is 11.6 Å². The van der Waals surface area contributed by atoms with E-state index < -0.39 is 0 Å². The van der Waals surface area contributed by atoms with Gasteiger partial charge < -0.3 is 15.5 Å². The van der Waals surface area contributed by atoms with E-state index in [0.29, 0.717) is 28.8 Å². The van der Waals surface area contributed by atoms with Crippen LogP contribution in [0.15, 0.2) is 48.5 Å². The van der Waals surface area contributed by atoms with Crippen molar-refractivity contribution in [2.45, 2.75) is 32.1 Å². The van der Waals surface area contributed by atoms with Crippen LogP contribution >= 0.6 is 22.9 Å². The number of hydrogen-bond acceptors (Lipinski definition) is 5. The third-order valence-corrected chi connectivity index (χ3v) is 6.73. The van der Waals surface area contributed by atoms with Gasteiger partial charge in [-0.15, -0.1) is 10.2 Å². The van der Waals surface area contributed by atoms with Crippen LogP contribution in [0.2, 0.25) is 5.02 Å². The minimum atomic E-state index is -0.322. The van der Waals surface area contributed by atoms with Crippen molar-refractivity contribution in [2.75, 3.05) is 23.7 Å². The number of rotatable bonds is 5. The van der Waals surface area contributed by atoms with Crippen molar-refractivity contribution in [3.8, 4) is 0 Å². The monoisotopic (exact) mass is 469 g/mol. The molecule has 1 aliphatic heterocycles. The summed E-state index contributed by atoms with van der Waals surface area (Å²) in [6.07, 6.45) is 2.63. The van der Waals surface area contributed by atoms with E-state index in [2.05, 4.69) is 27.8 Å². The van der Waals surface area contributed by atoms with Gasteiger partial charge in [0.15, 0.2) is 0 Å². The molecule has 166 valence electrons. The van der Waals surface area contributed by atoms with Crippen LogP contribution < -0.4 is 10.6 Å². The normalized spacial score (nSPS) is 15.9. The van der Waals surface area contributed by atoms with Crippen LogP contribution in [0.25, 0.3) is 0 Å². The second-order valence-electron chi connectivity index (χ2n) is 7.64. The van der Waals surface area contributed by atoms with Crippen LogP contribution in [0.5, 0.6) is 0 Å². The molecule has 1 fully saturated rings. The second-order valence-corrected chi connectivity index (χ2v) is 9.08. The van der Waals surface area contributed by atoms with Crippen molar-refractivity contribution >= 4 is 46.3 Å². The molecule has 32 heavy (non-hydrogen) atoms. The molecule has 1 saturated heterocycles. The molecule has 1 aliphatic rings. The molecule has 1 atom stereocenters. The molecular formula is C23H24ClN5O2S. The number of hydrogen-bond donors (Lipinski definition) is 2. The summed E-state index contributed by atoms with van der Waals surface area (Å²) < 4.78 is 0. The van der Waals surface area contributed by atoms with E-state index in [-0.39, 0.29) is 17.9 Å². The third kappa shape index (κ3) is 5.26. The Morgan fingerprint density at radius 1 is 1.16 bits per heavy atom. The van der Waals surface area contributed by atoms with Crippen molar-refractivity contribution in [1.82, 2.24) is 15.1 Å². The number of urea groups is 1. The summed E-state index contributed by atoms with van der Waals surface area (Å²) in [6.45, 7) is 3.31.